The monoisotopic (exact) mass is 811 g/mol. The fraction of sp³-hybridized carbons (Fsp3) is 0.226. The summed E-state index contributed by atoms with van der Waals surface area (Å²) in [6.45, 7) is 2.32. The Morgan fingerprint density at radius 3 is 1.46 bits per heavy atom. The predicted octanol–water partition coefficient (Wildman–Crippen LogP) is 16.2. The second-order valence-corrected chi connectivity index (χ2v) is 19.8. The normalized spacial score (nSPS) is 25.8. The van der Waals surface area contributed by atoms with E-state index in [1.54, 1.807) is 27.8 Å². The molecule has 0 aromatic heterocycles. The highest BCUT2D eigenvalue weighted by atomic mass is 15.1. The first-order valence-corrected chi connectivity index (χ1v) is 23.6. The SMILES string of the molecule is Cc1ccccc1-c1ccccc1C12CCCC34CC(CC5(CC(C1)c1ccccc1-c1ccccc15)C23)c1ccccc1-c1cccc(N(c2ccccc2)c2ccccc2)c14. The second kappa shape index (κ2) is 14.0. The first-order chi connectivity index (χ1) is 31.1. The molecule has 13 rings (SSSR count). The Labute approximate surface area is 373 Å². The number of nitrogens with zero attached hydrogens (tertiary/aromatic N) is 1. The number of aryl methyl sites for hydroxylation is 1. The van der Waals surface area contributed by atoms with Gasteiger partial charge in [0.05, 0.1) is 5.69 Å². The van der Waals surface area contributed by atoms with Crippen molar-refractivity contribution in [1.82, 2.24) is 0 Å². The zero-order valence-electron chi connectivity index (χ0n) is 36.2. The Morgan fingerprint density at radius 1 is 0.381 bits per heavy atom. The van der Waals surface area contributed by atoms with Gasteiger partial charge in [-0.15, -0.1) is 0 Å². The minimum atomic E-state index is -0.138. The summed E-state index contributed by atoms with van der Waals surface area (Å²) >= 11 is 0. The molecule has 1 heteroatoms. The highest BCUT2D eigenvalue weighted by Crippen LogP contribution is 2.77. The van der Waals surface area contributed by atoms with Crippen LogP contribution in [0.15, 0.2) is 200 Å². The molecule has 2 spiro atoms. The molecule has 0 radical (unpaired) electrons. The Kier molecular flexibility index (Phi) is 8.27. The van der Waals surface area contributed by atoms with Crippen molar-refractivity contribution in [2.24, 2.45) is 5.92 Å². The molecule has 0 aliphatic heterocycles. The maximum atomic E-state index is 2.61. The number of fused-ring (bicyclic) bond motifs is 10. The largest absolute Gasteiger partial charge is 0.310 e. The maximum absolute atomic E-state index is 2.61. The van der Waals surface area contributed by atoms with Gasteiger partial charge in [-0.25, -0.2) is 0 Å². The lowest BCUT2D eigenvalue weighted by atomic mass is 9.33. The Balaban J connectivity index is 1.19. The molecule has 0 N–H and O–H groups in total. The third-order valence-electron chi connectivity index (χ3n) is 16.9. The molecule has 0 heterocycles. The van der Waals surface area contributed by atoms with Crippen molar-refractivity contribution in [3.8, 4) is 33.4 Å². The lowest BCUT2D eigenvalue weighted by molar-refractivity contribution is -0.0726. The minimum Gasteiger partial charge on any atom is -0.310 e. The van der Waals surface area contributed by atoms with Crippen LogP contribution in [0.4, 0.5) is 17.1 Å². The fourth-order valence-corrected chi connectivity index (χ4v) is 15.3. The van der Waals surface area contributed by atoms with Gasteiger partial charge >= 0.3 is 0 Å². The van der Waals surface area contributed by atoms with E-state index in [0.717, 1.165) is 19.3 Å². The standard InChI is InChI=1S/C62H53N/c1-42-20-8-9-25-47(42)52-30-14-16-33-55(52)60-36-19-37-61-39-44(41-62(59(60)61)40-43(38-60)48-26-10-12-28-50(48)53-31-15-17-34-56(53)62)49-27-11-13-29-51(49)54-32-18-35-57(58(54)61)63(45-21-4-2-5-22-45)46-23-6-3-7-24-46/h2-18,20-35,43-44,59H,19,36-41H2,1H3. The summed E-state index contributed by atoms with van der Waals surface area (Å²) in [4.78, 5) is 2.61. The maximum Gasteiger partial charge on any atom is 0.0505 e. The molecule has 8 aromatic carbocycles. The van der Waals surface area contributed by atoms with Crippen molar-refractivity contribution in [2.45, 2.75) is 80.0 Å². The van der Waals surface area contributed by atoms with Gasteiger partial charge in [0.15, 0.2) is 0 Å². The summed E-state index contributed by atoms with van der Waals surface area (Å²) < 4.78 is 0. The molecule has 0 amide bonds. The third kappa shape index (κ3) is 5.23. The van der Waals surface area contributed by atoms with Crippen LogP contribution in [0.3, 0.4) is 0 Å². The van der Waals surface area contributed by atoms with Gasteiger partial charge in [-0.3, -0.25) is 0 Å². The van der Waals surface area contributed by atoms with Gasteiger partial charge in [-0.05, 0) is 160 Å². The van der Waals surface area contributed by atoms with Gasteiger partial charge in [0.1, 0.15) is 0 Å². The highest BCUT2D eigenvalue weighted by molar-refractivity contribution is 5.88. The summed E-state index contributed by atoms with van der Waals surface area (Å²) in [5, 5.41) is 0. The van der Waals surface area contributed by atoms with E-state index in [0.29, 0.717) is 17.8 Å². The molecular weight excluding hydrogens is 759 g/mol. The number of hydrogen-bond donors (Lipinski definition) is 0. The van der Waals surface area contributed by atoms with Gasteiger partial charge < -0.3 is 4.90 Å². The summed E-state index contributed by atoms with van der Waals surface area (Å²) in [6.07, 6.45) is 8.23. The summed E-state index contributed by atoms with van der Waals surface area (Å²) in [7, 11) is 0. The molecule has 0 saturated heterocycles. The molecule has 3 saturated carbocycles. The van der Waals surface area contributed by atoms with E-state index in [9.17, 15) is 0 Å². The van der Waals surface area contributed by atoms with E-state index < -0.39 is 0 Å². The summed E-state index contributed by atoms with van der Waals surface area (Å²) in [5.41, 5.74) is 21.3. The molecule has 5 aliphatic rings. The first kappa shape index (κ1) is 37.1. The van der Waals surface area contributed by atoms with Crippen LogP contribution in [0.5, 0.6) is 0 Å². The van der Waals surface area contributed by atoms with Gasteiger partial charge in [-0.1, -0.05) is 176 Å². The van der Waals surface area contributed by atoms with Crippen molar-refractivity contribution in [3.05, 3.63) is 234 Å². The fourth-order valence-electron chi connectivity index (χ4n) is 15.3. The lowest BCUT2D eigenvalue weighted by Crippen LogP contribution is -2.66. The average molecular weight is 812 g/mol. The third-order valence-corrected chi connectivity index (χ3v) is 16.9. The Hall–Kier alpha value is -6.44. The van der Waals surface area contributed by atoms with Gasteiger partial charge in [0, 0.05) is 27.6 Å². The molecule has 4 bridgehead atoms. The van der Waals surface area contributed by atoms with Crippen molar-refractivity contribution < 1.29 is 0 Å². The van der Waals surface area contributed by atoms with E-state index in [-0.39, 0.29) is 16.2 Å². The van der Waals surface area contributed by atoms with Crippen LogP contribution in [0.2, 0.25) is 0 Å². The average Bonchev–Trinajstić information content (AvgIpc) is 3.49. The van der Waals surface area contributed by atoms with Crippen molar-refractivity contribution >= 4 is 17.1 Å². The van der Waals surface area contributed by atoms with Crippen LogP contribution in [0.1, 0.15) is 90.2 Å². The van der Waals surface area contributed by atoms with Crippen LogP contribution >= 0.6 is 0 Å². The van der Waals surface area contributed by atoms with Crippen molar-refractivity contribution in [3.63, 3.8) is 0 Å². The van der Waals surface area contributed by atoms with Crippen molar-refractivity contribution in [2.75, 3.05) is 4.90 Å². The molecular formula is C62H53N. The number of anilines is 3. The van der Waals surface area contributed by atoms with E-state index in [2.05, 4.69) is 212 Å². The van der Waals surface area contributed by atoms with Gasteiger partial charge in [0.2, 0.25) is 0 Å². The van der Waals surface area contributed by atoms with E-state index in [1.165, 1.54) is 81.7 Å². The lowest BCUT2D eigenvalue weighted by Gasteiger charge is -2.70. The zero-order chi connectivity index (χ0) is 41.8. The number of para-hydroxylation sites is 2. The molecule has 1 nitrogen and oxygen atoms in total. The summed E-state index contributed by atoms with van der Waals surface area (Å²) in [5.74, 6) is 1.19. The topological polar surface area (TPSA) is 3.24 Å². The van der Waals surface area contributed by atoms with Crippen LogP contribution in [-0.2, 0) is 16.2 Å². The smallest absolute Gasteiger partial charge is 0.0505 e. The van der Waals surface area contributed by atoms with E-state index >= 15 is 0 Å². The van der Waals surface area contributed by atoms with Gasteiger partial charge in [0.25, 0.3) is 0 Å². The zero-order valence-corrected chi connectivity index (χ0v) is 36.2. The second-order valence-electron chi connectivity index (χ2n) is 19.8. The molecule has 6 unspecified atom stereocenters. The van der Waals surface area contributed by atoms with Crippen molar-refractivity contribution in [1.29, 1.82) is 0 Å². The first-order valence-electron chi connectivity index (χ1n) is 23.6. The molecule has 306 valence electrons. The number of benzene rings is 8. The number of rotatable bonds is 5. The Bertz CT molecular complexity index is 3020. The van der Waals surface area contributed by atoms with Crippen LogP contribution in [-0.4, -0.2) is 0 Å². The number of hydrogen-bond acceptors (Lipinski definition) is 1. The molecule has 5 aliphatic carbocycles. The highest BCUT2D eigenvalue weighted by Gasteiger charge is 2.71. The predicted molar refractivity (Wildman–Crippen MR) is 261 cm³/mol. The van der Waals surface area contributed by atoms with Crippen LogP contribution < -0.4 is 4.90 Å². The minimum absolute atomic E-state index is 0.0904. The Morgan fingerprint density at radius 2 is 0.825 bits per heavy atom. The van der Waals surface area contributed by atoms with E-state index in [1.807, 2.05) is 0 Å². The molecule has 63 heavy (non-hydrogen) atoms. The van der Waals surface area contributed by atoms with Crippen LogP contribution in [0.25, 0.3) is 33.4 Å². The van der Waals surface area contributed by atoms with Gasteiger partial charge in [-0.2, -0.15) is 0 Å². The van der Waals surface area contributed by atoms with E-state index in [4.69, 9.17) is 0 Å². The van der Waals surface area contributed by atoms with Crippen LogP contribution in [0, 0.1) is 12.8 Å². The summed E-state index contributed by atoms with van der Waals surface area (Å²) in [6, 6.07) is 77.6. The molecule has 3 fully saturated rings. The quantitative estimate of drug-likeness (QED) is 0.167. The molecule has 8 aromatic rings. The molecule has 6 atom stereocenters.